The molecule has 1 N–H and O–H groups in total. The van der Waals surface area contributed by atoms with Gasteiger partial charge in [-0.2, -0.15) is 0 Å². The molecule has 2 rings (SSSR count). The average Bonchev–Trinajstić information content (AvgIpc) is 2.48. The summed E-state index contributed by atoms with van der Waals surface area (Å²) in [5, 5.41) is 9.04. The van der Waals surface area contributed by atoms with Crippen LogP contribution in [0.4, 0.5) is 0 Å². The van der Waals surface area contributed by atoms with Crippen molar-refractivity contribution >= 4 is 0 Å². The lowest BCUT2D eigenvalue weighted by Gasteiger charge is -2.26. The van der Waals surface area contributed by atoms with Gasteiger partial charge in [-0.3, -0.25) is 4.90 Å². The van der Waals surface area contributed by atoms with Gasteiger partial charge in [-0.1, -0.05) is 12.1 Å². The Kier molecular flexibility index (Phi) is 6.14. The fraction of sp³-hybridized carbons (Fsp3) is 0.600. The van der Waals surface area contributed by atoms with Crippen molar-refractivity contribution in [3.8, 4) is 5.75 Å². The third-order valence-corrected chi connectivity index (χ3v) is 3.32. The number of nitrogens with zero attached hydrogens (tertiary/aromatic N) is 1. The first-order valence-corrected chi connectivity index (χ1v) is 7.01. The molecule has 4 heteroatoms. The molecular weight excluding hydrogens is 242 g/mol. The highest BCUT2D eigenvalue weighted by molar-refractivity contribution is 5.27. The van der Waals surface area contributed by atoms with E-state index in [1.54, 1.807) is 0 Å². The number of hydrogen-bond acceptors (Lipinski definition) is 4. The maximum Gasteiger partial charge on any atom is 0.119 e. The predicted octanol–water partition coefficient (Wildman–Crippen LogP) is 1.67. The molecule has 0 radical (unpaired) electrons. The van der Waals surface area contributed by atoms with Crippen molar-refractivity contribution in [3.63, 3.8) is 0 Å². The molecule has 0 bridgehead atoms. The van der Waals surface area contributed by atoms with Crippen molar-refractivity contribution in [2.45, 2.75) is 19.4 Å². The monoisotopic (exact) mass is 265 g/mol. The van der Waals surface area contributed by atoms with E-state index in [1.807, 2.05) is 24.3 Å². The minimum Gasteiger partial charge on any atom is -0.494 e. The van der Waals surface area contributed by atoms with Gasteiger partial charge < -0.3 is 14.6 Å². The van der Waals surface area contributed by atoms with Crippen LogP contribution < -0.4 is 4.74 Å². The van der Waals surface area contributed by atoms with Crippen molar-refractivity contribution in [1.29, 1.82) is 0 Å². The van der Waals surface area contributed by atoms with Gasteiger partial charge in [0.15, 0.2) is 0 Å². The van der Waals surface area contributed by atoms with Crippen LogP contribution in [0.25, 0.3) is 0 Å². The van der Waals surface area contributed by atoms with Crippen molar-refractivity contribution in [3.05, 3.63) is 29.8 Å². The molecule has 19 heavy (non-hydrogen) atoms. The number of unbranched alkanes of at least 4 members (excludes halogenated alkanes) is 1. The molecule has 1 aliphatic heterocycles. The van der Waals surface area contributed by atoms with Crippen LogP contribution in [-0.2, 0) is 11.3 Å². The van der Waals surface area contributed by atoms with Gasteiger partial charge in [0.2, 0.25) is 0 Å². The second-order valence-corrected chi connectivity index (χ2v) is 4.82. The van der Waals surface area contributed by atoms with Crippen LogP contribution in [-0.4, -0.2) is 49.5 Å². The predicted molar refractivity (Wildman–Crippen MR) is 74.4 cm³/mol. The topological polar surface area (TPSA) is 41.9 Å². The Labute approximate surface area is 114 Å². The van der Waals surface area contributed by atoms with Crippen molar-refractivity contribution in [1.82, 2.24) is 4.90 Å². The minimum atomic E-state index is 0.0637. The Balaban J connectivity index is 1.58. The standard InChI is InChI=1S/C15H23NO3/c17-13-14-4-3-5-15(12-14)19-9-2-1-6-16-7-10-18-11-8-16/h3-5,12,17H,1-2,6-11,13H2. The van der Waals surface area contributed by atoms with Crippen molar-refractivity contribution < 1.29 is 14.6 Å². The van der Waals surface area contributed by atoms with Gasteiger partial charge in [-0.25, -0.2) is 0 Å². The fourth-order valence-electron chi connectivity index (χ4n) is 2.19. The normalized spacial score (nSPS) is 16.5. The Morgan fingerprint density at radius 3 is 2.84 bits per heavy atom. The molecule has 0 atom stereocenters. The number of hydrogen-bond donors (Lipinski definition) is 1. The molecule has 0 aliphatic carbocycles. The van der Waals surface area contributed by atoms with Gasteiger partial charge >= 0.3 is 0 Å². The number of ether oxygens (including phenoxy) is 2. The summed E-state index contributed by atoms with van der Waals surface area (Å²) in [6.45, 7) is 5.77. The lowest BCUT2D eigenvalue weighted by atomic mass is 10.2. The molecule has 0 spiro atoms. The summed E-state index contributed by atoms with van der Waals surface area (Å²) >= 11 is 0. The molecule has 0 unspecified atom stereocenters. The Bertz CT molecular complexity index is 364. The van der Waals surface area contributed by atoms with Crippen molar-refractivity contribution in [2.75, 3.05) is 39.5 Å². The van der Waals surface area contributed by atoms with Gasteiger partial charge in [0.1, 0.15) is 5.75 Å². The molecule has 1 heterocycles. The summed E-state index contributed by atoms with van der Waals surface area (Å²) in [6, 6.07) is 7.63. The minimum absolute atomic E-state index is 0.0637. The van der Waals surface area contributed by atoms with Crippen LogP contribution in [0.1, 0.15) is 18.4 Å². The summed E-state index contributed by atoms with van der Waals surface area (Å²) in [5.41, 5.74) is 0.894. The van der Waals surface area contributed by atoms with Crippen LogP contribution in [0.2, 0.25) is 0 Å². The number of aliphatic hydroxyl groups excluding tert-OH is 1. The number of aliphatic hydroxyl groups is 1. The zero-order chi connectivity index (χ0) is 13.3. The smallest absolute Gasteiger partial charge is 0.119 e. The van der Waals surface area contributed by atoms with E-state index in [2.05, 4.69) is 4.90 Å². The number of morpholine rings is 1. The van der Waals surface area contributed by atoms with Gasteiger partial charge in [0, 0.05) is 13.1 Å². The highest BCUT2D eigenvalue weighted by atomic mass is 16.5. The van der Waals surface area contributed by atoms with Crippen LogP contribution in [0, 0.1) is 0 Å². The van der Waals surface area contributed by atoms with E-state index in [0.29, 0.717) is 0 Å². The largest absolute Gasteiger partial charge is 0.494 e. The molecule has 0 aromatic heterocycles. The van der Waals surface area contributed by atoms with E-state index < -0.39 is 0 Å². The van der Waals surface area contributed by atoms with E-state index in [0.717, 1.165) is 63.6 Å². The number of rotatable bonds is 7. The first kappa shape index (κ1) is 14.3. The summed E-state index contributed by atoms with van der Waals surface area (Å²) in [4.78, 5) is 2.44. The summed E-state index contributed by atoms with van der Waals surface area (Å²) in [5.74, 6) is 0.845. The van der Waals surface area contributed by atoms with E-state index in [-0.39, 0.29) is 6.61 Å². The van der Waals surface area contributed by atoms with Crippen LogP contribution in [0.15, 0.2) is 24.3 Å². The summed E-state index contributed by atoms with van der Waals surface area (Å²) in [6.07, 6.45) is 2.21. The third-order valence-electron chi connectivity index (χ3n) is 3.32. The van der Waals surface area contributed by atoms with Gasteiger partial charge in [0.05, 0.1) is 26.4 Å². The molecule has 1 aromatic rings. The third kappa shape index (κ3) is 5.19. The Morgan fingerprint density at radius 2 is 2.05 bits per heavy atom. The Hall–Kier alpha value is -1.10. The van der Waals surface area contributed by atoms with Gasteiger partial charge in [0.25, 0.3) is 0 Å². The quantitative estimate of drug-likeness (QED) is 0.762. The van der Waals surface area contributed by atoms with E-state index in [4.69, 9.17) is 14.6 Å². The fourth-order valence-corrected chi connectivity index (χ4v) is 2.19. The molecule has 1 saturated heterocycles. The molecule has 106 valence electrons. The number of benzene rings is 1. The summed E-state index contributed by atoms with van der Waals surface area (Å²) < 4.78 is 11.0. The van der Waals surface area contributed by atoms with Crippen molar-refractivity contribution in [2.24, 2.45) is 0 Å². The maximum absolute atomic E-state index is 9.04. The van der Waals surface area contributed by atoms with Crippen LogP contribution in [0.5, 0.6) is 5.75 Å². The van der Waals surface area contributed by atoms with Crippen LogP contribution >= 0.6 is 0 Å². The van der Waals surface area contributed by atoms with E-state index >= 15 is 0 Å². The maximum atomic E-state index is 9.04. The molecule has 4 nitrogen and oxygen atoms in total. The van der Waals surface area contributed by atoms with Gasteiger partial charge in [-0.15, -0.1) is 0 Å². The molecule has 1 aromatic carbocycles. The highest BCUT2D eigenvalue weighted by Gasteiger charge is 2.08. The second-order valence-electron chi connectivity index (χ2n) is 4.82. The Morgan fingerprint density at radius 1 is 1.21 bits per heavy atom. The zero-order valence-corrected chi connectivity index (χ0v) is 11.4. The zero-order valence-electron chi connectivity index (χ0n) is 11.4. The second kappa shape index (κ2) is 8.15. The SMILES string of the molecule is OCc1cccc(OCCCCN2CCOCC2)c1. The lowest BCUT2D eigenvalue weighted by molar-refractivity contribution is 0.0368. The highest BCUT2D eigenvalue weighted by Crippen LogP contribution is 2.13. The molecule has 0 amide bonds. The van der Waals surface area contributed by atoms with E-state index in [1.165, 1.54) is 0 Å². The van der Waals surface area contributed by atoms with Gasteiger partial charge in [-0.05, 0) is 37.1 Å². The first-order chi connectivity index (χ1) is 9.38. The molecular formula is C15H23NO3. The average molecular weight is 265 g/mol. The van der Waals surface area contributed by atoms with Crippen LogP contribution in [0.3, 0.4) is 0 Å². The lowest BCUT2D eigenvalue weighted by Crippen LogP contribution is -2.36. The molecule has 1 fully saturated rings. The molecule has 0 saturated carbocycles. The summed E-state index contributed by atoms with van der Waals surface area (Å²) in [7, 11) is 0. The van der Waals surface area contributed by atoms with E-state index in [9.17, 15) is 0 Å². The first-order valence-electron chi connectivity index (χ1n) is 7.01. The molecule has 1 aliphatic rings.